The van der Waals surface area contributed by atoms with Crippen LogP contribution in [0.1, 0.15) is 16.7 Å². The standard InChI is InChI=1S/C15H15N3.C9H10/c1-2-12-8-10-14(11-9-12)18-15(16)17-13-6-4-3-5-7-13;1-3-9-6-4-8(2)5-7-9/h2-11H,1H2,(H3,16,17,18);3-7H,1H2,2H3. The largest absolute Gasteiger partial charge is 0.369 e. The lowest BCUT2D eigenvalue weighted by molar-refractivity contribution is 1.44. The number of aliphatic imine (C=N–C) groups is 1. The molecule has 3 aromatic rings. The number of benzene rings is 3. The predicted octanol–water partition coefficient (Wildman–Crippen LogP) is 6.03. The molecule has 136 valence electrons. The molecule has 3 nitrogen and oxygen atoms in total. The average Bonchev–Trinajstić information content (AvgIpc) is 2.70. The topological polar surface area (TPSA) is 50.4 Å². The summed E-state index contributed by atoms with van der Waals surface area (Å²) in [7, 11) is 0. The van der Waals surface area contributed by atoms with E-state index in [2.05, 4.69) is 54.7 Å². The first-order valence-electron chi connectivity index (χ1n) is 8.68. The molecular weight excluding hydrogens is 330 g/mol. The quantitative estimate of drug-likeness (QED) is 0.444. The predicted molar refractivity (Wildman–Crippen MR) is 119 cm³/mol. The van der Waals surface area contributed by atoms with Crippen molar-refractivity contribution in [2.45, 2.75) is 6.92 Å². The Balaban J connectivity index is 0.000000244. The number of nitrogens with two attached hydrogens (primary N) is 1. The number of hydrogen-bond donors (Lipinski definition) is 2. The van der Waals surface area contributed by atoms with Gasteiger partial charge < -0.3 is 11.1 Å². The lowest BCUT2D eigenvalue weighted by atomic mass is 10.2. The van der Waals surface area contributed by atoms with Gasteiger partial charge in [0.1, 0.15) is 0 Å². The van der Waals surface area contributed by atoms with Gasteiger partial charge in [-0.25, -0.2) is 4.99 Å². The van der Waals surface area contributed by atoms with Crippen molar-refractivity contribution in [1.82, 2.24) is 0 Å². The Morgan fingerprint density at radius 1 is 0.815 bits per heavy atom. The second-order valence-corrected chi connectivity index (χ2v) is 5.90. The average molecular weight is 355 g/mol. The van der Waals surface area contributed by atoms with Gasteiger partial charge in [0.2, 0.25) is 0 Å². The maximum atomic E-state index is 5.83. The highest BCUT2D eigenvalue weighted by molar-refractivity contribution is 5.93. The molecule has 0 fully saturated rings. The van der Waals surface area contributed by atoms with Crippen molar-refractivity contribution in [2.75, 3.05) is 5.32 Å². The van der Waals surface area contributed by atoms with Crippen LogP contribution in [0.15, 0.2) is 97.0 Å². The molecule has 3 N–H and O–H groups in total. The second-order valence-electron chi connectivity index (χ2n) is 5.90. The summed E-state index contributed by atoms with van der Waals surface area (Å²) in [6.07, 6.45) is 3.64. The Kier molecular flexibility index (Phi) is 7.61. The van der Waals surface area contributed by atoms with Gasteiger partial charge in [0, 0.05) is 5.69 Å². The summed E-state index contributed by atoms with van der Waals surface area (Å²) in [4.78, 5) is 4.28. The first-order chi connectivity index (χ1) is 13.1. The van der Waals surface area contributed by atoms with E-state index in [1.54, 1.807) is 6.08 Å². The summed E-state index contributed by atoms with van der Waals surface area (Å²) in [5.74, 6) is 0.368. The molecule has 0 aromatic heterocycles. The van der Waals surface area contributed by atoms with E-state index in [0.29, 0.717) is 5.96 Å². The zero-order valence-electron chi connectivity index (χ0n) is 15.6. The summed E-state index contributed by atoms with van der Waals surface area (Å²) in [5.41, 5.74) is 11.1. The monoisotopic (exact) mass is 355 g/mol. The zero-order valence-corrected chi connectivity index (χ0v) is 15.6. The zero-order chi connectivity index (χ0) is 19.5. The Morgan fingerprint density at radius 3 is 1.85 bits per heavy atom. The van der Waals surface area contributed by atoms with E-state index < -0.39 is 0 Å². The van der Waals surface area contributed by atoms with Crippen LogP contribution < -0.4 is 11.1 Å². The molecule has 0 bridgehead atoms. The van der Waals surface area contributed by atoms with Gasteiger partial charge >= 0.3 is 0 Å². The van der Waals surface area contributed by atoms with E-state index >= 15 is 0 Å². The van der Waals surface area contributed by atoms with Crippen molar-refractivity contribution < 1.29 is 0 Å². The molecule has 0 aliphatic carbocycles. The molecule has 0 aliphatic rings. The summed E-state index contributed by atoms with van der Waals surface area (Å²) < 4.78 is 0. The number of anilines is 1. The molecule has 0 saturated carbocycles. The summed E-state index contributed by atoms with van der Waals surface area (Å²) in [6, 6.07) is 25.7. The number of rotatable bonds is 4. The lowest BCUT2D eigenvalue weighted by Crippen LogP contribution is -2.21. The van der Waals surface area contributed by atoms with Crippen molar-refractivity contribution in [3.8, 4) is 0 Å². The van der Waals surface area contributed by atoms with Crippen molar-refractivity contribution in [2.24, 2.45) is 10.7 Å². The highest BCUT2D eigenvalue weighted by Crippen LogP contribution is 2.14. The van der Waals surface area contributed by atoms with Gasteiger partial charge in [0.15, 0.2) is 5.96 Å². The van der Waals surface area contributed by atoms with Crippen molar-refractivity contribution >= 4 is 29.5 Å². The number of nitrogens with one attached hydrogen (secondary N) is 1. The fraction of sp³-hybridized carbons (Fsp3) is 0.0417. The molecule has 0 unspecified atom stereocenters. The molecule has 3 rings (SSSR count). The van der Waals surface area contributed by atoms with E-state index in [0.717, 1.165) is 16.9 Å². The Labute approximate surface area is 161 Å². The van der Waals surface area contributed by atoms with Crippen LogP contribution in [0, 0.1) is 6.92 Å². The van der Waals surface area contributed by atoms with Crippen LogP contribution in [0.2, 0.25) is 0 Å². The van der Waals surface area contributed by atoms with E-state index in [1.807, 2.05) is 60.7 Å². The van der Waals surface area contributed by atoms with Crippen LogP contribution in [0.4, 0.5) is 11.4 Å². The van der Waals surface area contributed by atoms with Crippen molar-refractivity contribution in [3.05, 3.63) is 109 Å². The van der Waals surface area contributed by atoms with E-state index in [4.69, 9.17) is 5.73 Å². The summed E-state index contributed by atoms with van der Waals surface area (Å²) in [5, 5.41) is 3.03. The summed E-state index contributed by atoms with van der Waals surface area (Å²) >= 11 is 0. The van der Waals surface area contributed by atoms with Crippen LogP contribution in [0.25, 0.3) is 12.2 Å². The first-order valence-corrected chi connectivity index (χ1v) is 8.68. The highest BCUT2D eigenvalue weighted by atomic mass is 15.1. The Morgan fingerprint density at radius 2 is 1.33 bits per heavy atom. The molecule has 0 atom stereocenters. The Hall–Kier alpha value is -3.59. The van der Waals surface area contributed by atoms with Gasteiger partial charge in [0.05, 0.1) is 5.69 Å². The maximum Gasteiger partial charge on any atom is 0.198 e. The molecule has 0 spiro atoms. The Bertz CT molecular complexity index is 877. The number of hydrogen-bond acceptors (Lipinski definition) is 1. The van der Waals surface area contributed by atoms with Gasteiger partial charge in [0.25, 0.3) is 0 Å². The molecule has 0 saturated heterocycles. The van der Waals surface area contributed by atoms with Crippen LogP contribution in [0.3, 0.4) is 0 Å². The van der Waals surface area contributed by atoms with Crippen molar-refractivity contribution in [1.29, 1.82) is 0 Å². The van der Waals surface area contributed by atoms with Gasteiger partial charge in [-0.15, -0.1) is 0 Å². The molecule has 0 radical (unpaired) electrons. The molecule has 0 amide bonds. The van der Waals surface area contributed by atoms with Gasteiger partial charge in [-0.1, -0.05) is 85.5 Å². The van der Waals surface area contributed by atoms with Crippen LogP contribution in [-0.2, 0) is 0 Å². The third-order valence-electron chi connectivity index (χ3n) is 3.74. The number of aryl methyl sites for hydroxylation is 1. The third kappa shape index (κ3) is 7.04. The molecule has 0 heterocycles. The minimum atomic E-state index is 0.368. The van der Waals surface area contributed by atoms with E-state index in [1.165, 1.54) is 11.1 Å². The fourth-order valence-corrected chi connectivity index (χ4v) is 2.22. The van der Waals surface area contributed by atoms with Crippen LogP contribution in [0.5, 0.6) is 0 Å². The second kappa shape index (κ2) is 10.4. The number of para-hydroxylation sites is 1. The normalized spacial score (nSPS) is 10.3. The smallest absolute Gasteiger partial charge is 0.198 e. The molecule has 27 heavy (non-hydrogen) atoms. The lowest BCUT2D eigenvalue weighted by Gasteiger charge is -2.05. The minimum absolute atomic E-state index is 0.368. The third-order valence-corrected chi connectivity index (χ3v) is 3.74. The molecule has 0 aliphatic heterocycles. The van der Waals surface area contributed by atoms with E-state index in [-0.39, 0.29) is 0 Å². The SMILES string of the molecule is C=Cc1ccc(C)cc1.C=Cc1ccc(N=C(N)Nc2ccccc2)cc1. The highest BCUT2D eigenvalue weighted by Gasteiger charge is 1.95. The van der Waals surface area contributed by atoms with Crippen LogP contribution in [-0.4, -0.2) is 5.96 Å². The van der Waals surface area contributed by atoms with Crippen molar-refractivity contribution in [3.63, 3.8) is 0 Å². The van der Waals surface area contributed by atoms with Crippen LogP contribution >= 0.6 is 0 Å². The van der Waals surface area contributed by atoms with Gasteiger partial charge in [-0.05, 0) is 42.3 Å². The molecule has 3 heteroatoms. The number of nitrogens with zero attached hydrogens (tertiary/aromatic N) is 1. The maximum absolute atomic E-state index is 5.83. The van der Waals surface area contributed by atoms with E-state index in [9.17, 15) is 0 Å². The fourth-order valence-electron chi connectivity index (χ4n) is 2.22. The summed E-state index contributed by atoms with van der Waals surface area (Å²) in [6.45, 7) is 9.44. The molecule has 3 aromatic carbocycles. The molecular formula is C24H25N3. The van der Waals surface area contributed by atoms with Gasteiger partial charge in [-0.3, -0.25) is 0 Å². The number of guanidine groups is 1. The first kappa shape index (κ1) is 19.7. The minimum Gasteiger partial charge on any atom is -0.369 e. The van der Waals surface area contributed by atoms with Gasteiger partial charge in [-0.2, -0.15) is 0 Å².